The second-order valence-electron chi connectivity index (χ2n) is 10.0. The maximum absolute atomic E-state index is 13.8. The summed E-state index contributed by atoms with van der Waals surface area (Å²) in [6, 6.07) is 10.1. The van der Waals surface area contributed by atoms with Crippen molar-refractivity contribution < 1.29 is 27.9 Å². The largest absolute Gasteiger partial charge is 0.481 e. The molecule has 2 aromatic carbocycles. The highest BCUT2D eigenvalue weighted by Gasteiger charge is 2.48. The van der Waals surface area contributed by atoms with E-state index in [1.54, 1.807) is 70.2 Å². The molecule has 3 rings (SSSR count). The minimum absolute atomic E-state index is 0.300. The van der Waals surface area contributed by atoms with Gasteiger partial charge in [-0.2, -0.15) is 0 Å². The fourth-order valence-corrected chi connectivity index (χ4v) is 6.43. The highest BCUT2D eigenvalue weighted by Crippen LogP contribution is 2.45. The summed E-state index contributed by atoms with van der Waals surface area (Å²) in [6.45, 7) is 6.62. The third-order valence-corrected chi connectivity index (χ3v) is 9.80. The Bertz CT molecular complexity index is 1240. The molecule has 2 aromatic rings. The van der Waals surface area contributed by atoms with Crippen LogP contribution in [0.4, 0.5) is 0 Å². The van der Waals surface area contributed by atoms with Crippen LogP contribution in [0.25, 0.3) is 0 Å². The molecule has 0 aromatic heterocycles. The lowest BCUT2D eigenvalue weighted by Gasteiger charge is -2.48. The molecule has 0 bridgehead atoms. The molecule has 1 unspecified atom stereocenters. The van der Waals surface area contributed by atoms with Gasteiger partial charge < -0.3 is 14.7 Å². The van der Waals surface area contributed by atoms with E-state index >= 15 is 0 Å². The molecule has 202 valence electrons. The SMILES string of the molecule is CC[C@@H](CS(=O)(=O)C(C)(C)C)N1C(=O)[C@H](CC(=O)O)O[C@H](c2cc(Cl)cc(Cl)c2)C1c1ccc(Cl)cc1. The number of carboxylic acid groups (broad SMARTS) is 1. The molecule has 0 saturated carbocycles. The maximum atomic E-state index is 13.8. The zero-order chi connectivity index (χ0) is 27.7. The van der Waals surface area contributed by atoms with Crippen molar-refractivity contribution in [2.24, 2.45) is 0 Å². The molecule has 7 nitrogen and oxygen atoms in total. The average molecular weight is 591 g/mol. The third kappa shape index (κ3) is 6.79. The molecular weight excluding hydrogens is 561 g/mol. The van der Waals surface area contributed by atoms with Crippen molar-refractivity contribution in [1.82, 2.24) is 4.90 Å². The molecule has 1 aliphatic heterocycles. The molecule has 1 amide bonds. The predicted molar refractivity (Wildman–Crippen MR) is 145 cm³/mol. The van der Waals surface area contributed by atoms with Crippen LogP contribution in [-0.2, 0) is 24.2 Å². The van der Waals surface area contributed by atoms with E-state index in [-0.39, 0.29) is 5.75 Å². The van der Waals surface area contributed by atoms with Crippen LogP contribution < -0.4 is 0 Å². The quantitative estimate of drug-likeness (QED) is 0.397. The minimum Gasteiger partial charge on any atom is -0.481 e. The zero-order valence-corrected chi connectivity index (χ0v) is 24.0. The van der Waals surface area contributed by atoms with Gasteiger partial charge in [0.2, 0.25) is 0 Å². The van der Waals surface area contributed by atoms with Crippen LogP contribution in [0.3, 0.4) is 0 Å². The molecule has 0 radical (unpaired) electrons. The summed E-state index contributed by atoms with van der Waals surface area (Å²) in [5.74, 6) is -2.12. The number of hydrogen-bond acceptors (Lipinski definition) is 5. The molecule has 1 fully saturated rings. The first kappa shape index (κ1) is 29.7. The number of sulfone groups is 1. The summed E-state index contributed by atoms with van der Waals surface area (Å²) < 4.78 is 31.6. The van der Waals surface area contributed by atoms with E-state index in [1.165, 1.54) is 4.90 Å². The summed E-state index contributed by atoms with van der Waals surface area (Å²) in [4.78, 5) is 27.0. The molecule has 0 aliphatic carbocycles. The summed E-state index contributed by atoms with van der Waals surface area (Å²) in [7, 11) is -3.64. The second kappa shape index (κ2) is 11.5. The van der Waals surface area contributed by atoms with Crippen LogP contribution in [0.15, 0.2) is 42.5 Å². The average Bonchev–Trinajstić information content (AvgIpc) is 2.77. The van der Waals surface area contributed by atoms with E-state index in [1.807, 2.05) is 0 Å². The predicted octanol–water partition coefficient (Wildman–Crippen LogP) is 6.12. The number of carboxylic acids is 1. The topological polar surface area (TPSA) is 101 Å². The Hall–Kier alpha value is -1.84. The van der Waals surface area contributed by atoms with Gasteiger partial charge in [-0.25, -0.2) is 8.42 Å². The summed E-state index contributed by atoms with van der Waals surface area (Å²) in [6.07, 6.45) is -2.50. The number of nitrogens with zero attached hydrogens (tertiary/aromatic N) is 1. The lowest BCUT2D eigenvalue weighted by Crippen LogP contribution is -2.57. The summed E-state index contributed by atoms with van der Waals surface area (Å²) in [5, 5.41) is 10.7. The first-order valence-electron chi connectivity index (χ1n) is 11.8. The zero-order valence-electron chi connectivity index (χ0n) is 20.9. The Morgan fingerprint density at radius 3 is 2.08 bits per heavy atom. The van der Waals surface area contributed by atoms with Crippen LogP contribution in [0.1, 0.15) is 63.8 Å². The first-order chi connectivity index (χ1) is 17.1. The van der Waals surface area contributed by atoms with Crippen molar-refractivity contribution in [1.29, 1.82) is 0 Å². The molecule has 1 aliphatic rings. The van der Waals surface area contributed by atoms with Gasteiger partial charge in [0, 0.05) is 21.1 Å². The number of aliphatic carboxylic acids is 1. The van der Waals surface area contributed by atoms with Gasteiger partial charge in [-0.05, 0) is 68.7 Å². The lowest BCUT2D eigenvalue weighted by atomic mass is 9.89. The number of hydrogen-bond donors (Lipinski definition) is 1. The van der Waals surface area contributed by atoms with Gasteiger partial charge >= 0.3 is 5.97 Å². The molecular formula is C26H30Cl3NO6S. The van der Waals surface area contributed by atoms with E-state index in [0.717, 1.165) is 0 Å². The van der Waals surface area contributed by atoms with E-state index in [9.17, 15) is 23.1 Å². The molecule has 1 saturated heterocycles. The van der Waals surface area contributed by atoms with Crippen molar-refractivity contribution in [3.8, 4) is 0 Å². The van der Waals surface area contributed by atoms with Crippen LogP contribution >= 0.6 is 34.8 Å². The van der Waals surface area contributed by atoms with Crippen molar-refractivity contribution in [3.63, 3.8) is 0 Å². The maximum Gasteiger partial charge on any atom is 0.306 e. The highest BCUT2D eigenvalue weighted by molar-refractivity contribution is 7.92. The first-order valence-corrected chi connectivity index (χ1v) is 14.6. The van der Waals surface area contributed by atoms with Gasteiger partial charge in [0.1, 0.15) is 12.2 Å². The Morgan fingerprint density at radius 1 is 1.03 bits per heavy atom. The number of halogens is 3. The molecule has 0 spiro atoms. The number of ether oxygens (including phenoxy) is 1. The van der Waals surface area contributed by atoms with Crippen molar-refractivity contribution >= 4 is 56.5 Å². The van der Waals surface area contributed by atoms with Crippen LogP contribution in [0.5, 0.6) is 0 Å². The Labute approximate surface area is 232 Å². The number of benzene rings is 2. The Morgan fingerprint density at radius 2 is 1.59 bits per heavy atom. The standard InChI is InChI=1S/C26H30Cl3NO6S/c1-5-20(14-37(34,35)26(2,3)4)30-23(15-6-8-17(27)9-7-15)24(16-10-18(28)12-19(29)11-16)36-21(25(30)33)13-22(31)32/h6-12,20-21,23-24H,5,13-14H2,1-4H3,(H,31,32)/t20-,21-,23?,24+/m0/s1. The van der Waals surface area contributed by atoms with Crippen molar-refractivity contribution in [3.05, 3.63) is 68.7 Å². The lowest BCUT2D eigenvalue weighted by molar-refractivity contribution is -0.182. The van der Waals surface area contributed by atoms with Gasteiger partial charge in [-0.3, -0.25) is 9.59 Å². The number of amides is 1. The fourth-order valence-electron chi connectivity index (χ4n) is 4.35. The highest BCUT2D eigenvalue weighted by atomic mass is 35.5. The van der Waals surface area contributed by atoms with Crippen LogP contribution in [0, 0.1) is 0 Å². The Balaban J connectivity index is 2.24. The van der Waals surface area contributed by atoms with Gasteiger partial charge in [0.25, 0.3) is 5.91 Å². The number of rotatable bonds is 8. The summed E-state index contributed by atoms with van der Waals surface area (Å²) >= 11 is 18.7. The number of carbonyl (C=O) groups excluding carboxylic acids is 1. The smallest absolute Gasteiger partial charge is 0.306 e. The monoisotopic (exact) mass is 589 g/mol. The van der Waals surface area contributed by atoms with E-state index in [4.69, 9.17) is 39.5 Å². The van der Waals surface area contributed by atoms with Gasteiger partial charge in [-0.1, -0.05) is 53.9 Å². The third-order valence-electron chi connectivity index (χ3n) is 6.42. The minimum atomic E-state index is -3.64. The molecule has 4 atom stereocenters. The van der Waals surface area contributed by atoms with Gasteiger partial charge in [-0.15, -0.1) is 0 Å². The molecule has 1 N–H and O–H groups in total. The molecule has 11 heteroatoms. The molecule has 1 heterocycles. The number of morpholine rings is 1. The van der Waals surface area contributed by atoms with Gasteiger partial charge in [0.15, 0.2) is 9.84 Å². The Kier molecular flexibility index (Phi) is 9.23. The summed E-state index contributed by atoms with van der Waals surface area (Å²) in [5.41, 5.74) is 1.16. The van der Waals surface area contributed by atoms with E-state index in [0.29, 0.717) is 32.6 Å². The second-order valence-corrected chi connectivity index (χ2v) is 14.1. The van der Waals surface area contributed by atoms with Gasteiger partial charge in [0.05, 0.1) is 23.0 Å². The van der Waals surface area contributed by atoms with E-state index in [2.05, 4.69) is 0 Å². The normalized spacial score (nSPS) is 21.6. The number of carbonyl (C=O) groups is 2. The molecule has 37 heavy (non-hydrogen) atoms. The fraction of sp³-hybridized carbons (Fsp3) is 0.462. The van der Waals surface area contributed by atoms with E-state index < -0.39 is 57.2 Å². The van der Waals surface area contributed by atoms with Crippen molar-refractivity contribution in [2.75, 3.05) is 5.75 Å². The van der Waals surface area contributed by atoms with Crippen molar-refractivity contribution in [2.45, 2.75) is 69.6 Å². The van der Waals surface area contributed by atoms with Crippen LogP contribution in [0.2, 0.25) is 15.1 Å². The van der Waals surface area contributed by atoms with Crippen LogP contribution in [-0.4, -0.2) is 52.9 Å².